The standard InChI is InChI=1S/C9H14N4O/c1-6(7-3-5-11-13-7)12-9(14)8-2-4-10-8/h3,5-6,8,10H,2,4H2,1H3,(H,11,13)(H,12,14)/t6?,8-/m1/s1. The van der Waals surface area contributed by atoms with Gasteiger partial charge in [-0.25, -0.2) is 0 Å². The third kappa shape index (κ3) is 1.77. The van der Waals surface area contributed by atoms with Gasteiger partial charge in [0.05, 0.1) is 17.8 Å². The summed E-state index contributed by atoms with van der Waals surface area (Å²) < 4.78 is 0. The van der Waals surface area contributed by atoms with E-state index in [4.69, 9.17) is 0 Å². The molecule has 2 heterocycles. The van der Waals surface area contributed by atoms with Crippen molar-refractivity contribution in [3.8, 4) is 0 Å². The normalized spacial score (nSPS) is 22.5. The lowest BCUT2D eigenvalue weighted by Gasteiger charge is -2.27. The Morgan fingerprint density at radius 3 is 3.07 bits per heavy atom. The minimum absolute atomic E-state index is 0.000344. The van der Waals surface area contributed by atoms with Crippen molar-refractivity contribution in [1.82, 2.24) is 20.8 Å². The average Bonchev–Trinajstić information content (AvgIpc) is 2.51. The molecule has 0 saturated carbocycles. The van der Waals surface area contributed by atoms with Crippen molar-refractivity contribution >= 4 is 5.91 Å². The second-order valence-electron chi connectivity index (χ2n) is 3.54. The molecule has 0 bridgehead atoms. The molecular formula is C9H14N4O. The molecule has 0 aliphatic carbocycles. The minimum Gasteiger partial charge on any atom is -0.347 e. The third-order valence-electron chi connectivity index (χ3n) is 2.49. The van der Waals surface area contributed by atoms with E-state index in [0.29, 0.717) is 0 Å². The summed E-state index contributed by atoms with van der Waals surface area (Å²) in [4.78, 5) is 11.5. The highest BCUT2D eigenvalue weighted by Crippen LogP contribution is 2.09. The maximum Gasteiger partial charge on any atom is 0.237 e. The SMILES string of the molecule is CC(NC(=O)[C@H]1CCN1)c1ccn[nH]1. The number of aromatic nitrogens is 2. The summed E-state index contributed by atoms with van der Waals surface area (Å²) in [5.41, 5.74) is 0.928. The number of hydrogen-bond donors (Lipinski definition) is 3. The number of nitrogens with one attached hydrogen (secondary N) is 3. The number of nitrogens with zero attached hydrogens (tertiary/aromatic N) is 1. The van der Waals surface area contributed by atoms with Crippen LogP contribution in [-0.2, 0) is 4.79 Å². The Hall–Kier alpha value is -1.36. The Kier molecular flexibility index (Phi) is 2.49. The van der Waals surface area contributed by atoms with Crippen molar-refractivity contribution in [2.24, 2.45) is 0 Å². The number of hydrogen-bond acceptors (Lipinski definition) is 3. The van der Waals surface area contributed by atoms with Crippen LogP contribution in [0.4, 0.5) is 0 Å². The summed E-state index contributed by atoms with van der Waals surface area (Å²) in [7, 11) is 0. The van der Waals surface area contributed by atoms with Gasteiger partial charge in [0.2, 0.25) is 5.91 Å². The largest absolute Gasteiger partial charge is 0.347 e. The summed E-state index contributed by atoms with van der Waals surface area (Å²) in [5, 5.41) is 12.6. The van der Waals surface area contributed by atoms with E-state index in [-0.39, 0.29) is 18.0 Å². The van der Waals surface area contributed by atoms with Gasteiger partial charge in [0.25, 0.3) is 0 Å². The number of carbonyl (C=O) groups is 1. The summed E-state index contributed by atoms with van der Waals surface area (Å²) in [6.45, 7) is 2.88. The van der Waals surface area contributed by atoms with Gasteiger partial charge in [-0.05, 0) is 26.0 Å². The summed E-state index contributed by atoms with van der Waals surface area (Å²) in [6.07, 6.45) is 2.61. The van der Waals surface area contributed by atoms with Crippen molar-refractivity contribution < 1.29 is 4.79 Å². The van der Waals surface area contributed by atoms with Crippen LogP contribution in [0.2, 0.25) is 0 Å². The van der Waals surface area contributed by atoms with E-state index in [0.717, 1.165) is 18.7 Å². The van der Waals surface area contributed by atoms with Gasteiger partial charge in [0.1, 0.15) is 0 Å². The van der Waals surface area contributed by atoms with Crippen LogP contribution in [-0.4, -0.2) is 28.7 Å². The fraction of sp³-hybridized carbons (Fsp3) is 0.556. The maximum absolute atomic E-state index is 11.5. The molecule has 1 unspecified atom stereocenters. The van der Waals surface area contributed by atoms with Crippen molar-refractivity contribution in [2.45, 2.75) is 25.4 Å². The van der Waals surface area contributed by atoms with E-state index in [9.17, 15) is 4.79 Å². The van der Waals surface area contributed by atoms with Gasteiger partial charge >= 0.3 is 0 Å². The lowest BCUT2D eigenvalue weighted by molar-refractivity contribution is -0.125. The molecule has 1 aliphatic rings. The highest BCUT2D eigenvalue weighted by atomic mass is 16.2. The second-order valence-corrected chi connectivity index (χ2v) is 3.54. The molecule has 3 N–H and O–H groups in total. The number of H-pyrrole nitrogens is 1. The lowest BCUT2D eigenvalue weighted by Crippen LogP contribution is -2.53. The van der Waals surface area contributed by atoms with Gasteiger partial charge < -0.3 is 10.6 Å². The van der Waals surface area contributed by atoms with Crippen LogP contribution in [0.3, 0.4) is 0 Å². The Morgan fingerprint density at radius 1 is 1.79 bits per heavy atom. The van der Waals surface area contributed by atoms with Crippen LogP contribution in [0.25, 0.3) is 0 Å². The molecule has 1 aromatic heterocycles. The van der Waals surface area contributed by atoms with Crippen molar-refractivity contribution in [3.63, 3.8) is 0 Å². The summed E-state index contributed by atoms with van der Waals surface area (Å²) in [5.74, 6) is 0.0679. The first kappa shape index (κ1) is 9.21. The Labute approximate surface area is 82.3 Å². The molecule has 76 valence electrons. The smallest absolute Gasteiger partial charge is 0.237 e. The molecule has 5 heteroatoms. The topological polar surface area (TPSA) is 69.8 Å². The van der Waals surface area contributed by atoms with E-state index in [1.807, 2.05) is 13.0 Å². The Bertz CT molecular complexity index is 305. The van der Waals surface area contributed by atoms with Gasteiger partial charge in [0.15, 0.2) is 0 Å². The van der Waals surface area contributed by atoms with Crippen molar-refractivity contribution in [2.75, 3.05) is 6.54 Å². The van der Waals surface area contributed by atoms with Crippen molar-refractivity contribution in [3.05, 3.63) is 18.0 Å². The fourth-order valence-corrected chi connectivity index (χ4v) is 1.41. The highest BCUT2D eigenvalue weighted by Gasteiger charge is 2.25. The van der Waals surface area contributed by atoms with Crippen LogP contribution in [0.1, 0.15) is 25.1 Å². The highest BCUT2D eigenvalue weighted by molar-refractivity contribution is 5.82. The summed E-state index contributed by atoms with van der Waals surface area (Å²) in [6, 6.07) is 1.85. The van der Waals surface area contributed by atoms with Gasteiger partial charge in [-0.15, -0.1) is 0 Å². The predicted octanol–water partition coefficient (Wildman–Crippen LogP) is -0.0512. The zero-order chi connectivity index (χ0) is 9.97. The molecule has 2 atom stereocenters. The van der Waals surface area contributed by atoms with Crippen LogP contribution in [0, 0.1) is 0 Å². The molecule has 5 nitrogen and oxygen atoms in total. The molecule has 0 radical (unpaired) electrons. The number of amides is 1. The van der Waals surface area contributed by atoms with E-state index >= 15 is 0 Å². The molecule has 0 aromatic carbocycles. The first-order chi connectivity index (χ1) is 6.77. The van der Waals surface area contributed by atoms with E-state index in [2.05, 4.69) is 20.8 Å². The fourth-order valence-electron chi connectivity index (χ4n) is 1.41. The van der Waals surface area contributed by atoms with E-state index in [1.165, 1.54) is 0 Å². The van der Waals surface area contributed by atoms with Crippen LogP contribution < -0.4 is 10.6 Å². The van der Waals surface area contributed by atoms with Gasteiger partial charge in [-0.1, -0.05) is 0 Å². The molecule has 1 aromatic rings. The molecule has 2 rings (SSSR count). The maximum atomic E-state index is 11.5. The molecule has 14 heavy (non-hydrogen) atoms. The first-order valence-electron chi connectivity index (χ1n) is 4.80. The molecule has 0 spiro atoms. The second kappa shape index (κ2) is 3.79. The van der Waals surface area contributed by atoms with E-state index < -0.39 is 0 Å². The third-order valence-corrected chi connectivity index (χ3v) is 2.49. The van der Waals surface area contributed by atoms with Crippen LogP contribution in [0.15, 0.2) is 12.3 Å². The van der Waals surface area contributed by atoms with Crippen LogP contribution >= 0.6 is 0 Å². The zero-order valence-corrected chi connectivity index (χ0v) is 8.08. The lowest BCUT2D eigenvalue weighted by atomic mass is 10.1. The Morgan fingerprint density at radius 2 is 2.57 bits per heavy atom. The summed E-state index contributed by atoms with van der Waals surface area (Å²) >= 11 is 0. The van der Waals surface area contributed by atoms with Crippen molar-refractivity contribution in [1.29, 1.82) is 0 Å². The van der Waals surface area contributed by atoms with Gasteiger partial charge in [0, 0.05) is 6.20 Å². The molecule has 1 amide bonds. The first-order valence-corrected chi connectivity index (χ1v) is 4.80. The zero-order valence-electron chi connectivity index (χ0n) is 8.08. The monoisotopic (exact) mass is 194 g/mol. The van der Waals surface area contributed by atoms with Gasteiger partial charge in [-0.3, -0.25) is 9.89 Å². The number of aromatic amines is 1. The van der Waals surface area contributed by atoms with Crippen LogP contribution in [0.5, 0.6) is 0 Å². The molecular weight excluding hydrogens is 180 g/mol. The molecule has 1 fully saturated rings. The number of rotatable bonds is 3. The van der Waals surface area contributed by atoms with Gasteiger partial charge in [-0.2, -0.15) is 5.10 Å². The Balaban J connectivity index is 1.87. The minimum atomic E-state index is -0.00704. The average molecular weight is 194 g/mol. The quantitative estimate of drug-likeness (QED) is 0.631. The predicted molar refractivity (Wildman–Crippen MR) is 51.6 cm³/mol. The number of carbonyl (C=O) groups excluding carboxylic acids is 1. The van der Waals surface area contributed by atoms with E-state index in [1.54, 1.807) is 6.20 Å². The molecule has 1 aliphatic heterocycles. The molecule has 1 saturated heterocycles.